The molecule has 17 heavy (non-hydrogen) atoms. The van der Waals surface area contributed by atoms with Gasteiger partial charge in [-0.15, -0.1) is 6.42 Å². The van der Waals surface area contributed by atoms with E-state index in [0.29, 0.717) is 5.82 Å². The summed E-state index contributed by atoms with van der Waals surface area (Å²) in [6.45, 7) is 5.45. The van der Waals surface area contributed by atoms with Crippen LogP contribution in [0.25, 0.3) is 0 Å². The summed E-state index contributed by atoms with van der Waals surface area (Å²) >= 11 is 0. The molecule has 0 radical (unpaired) electrons. The Morgan fingerprint density at radius 3 is 2.71 bits per heavy atom. The van der Waals surface area contributed by atoms with E-state index in [2.05, 4.69) is 15.9 Å². The molecule has 0 aliphatic heterocycles. The molecule has 0 saturated carbocycles. The largest absolute Gasteiger partial charge is 0.443 e. The lowest BCUT2D eigenvalue weighted by Gasteiger charge is -2.25. The Labute approximate surface area is 101 Å². The lowest BCUT2D eigenvalue weighted by atomic mass is 10.2. The number of carbonyl (C=O) groups excluding carboxylic acids is 1. The molecule has 1 heterocycles. The van der Waals surface area contributed by atoms with E-state index in [1.807, 2.05) is 0 Å². The molecule has 0 spiro atoms. The summed E-state index contributed by atoms with van der Waals surface area (Å²) in [5.74, 6) is 2.76. The first-order chi connectivity index (χ1) is 7.94. The van der Waals surface area contributed by atoms with Crippen molar-refractivity contribution in [1.82, 2.24) is 9.97 Å². The standard InChI is InChI=1S/C12H15N3O2/c1-5-8-15(10-9-13-6-7-14-10)11(16)17-12(2,3)4/h1,6-7,9H,8H2,2-4H3. The highest BCUT2D eigenvalue weighted by Crippen LogP contribution is 2.14. The van der Waals surface area contributed by atoms with Crippen molar-refractivity contribution in [2.45, 2.75) is 26.4 Å². The molecule has 0 aliphatic rings. The third kappa shape index (κ3) is 4.11. The zero-order valence-corrected chi connectivity index (χ0v) is 10.2. The molecule has 5 heteroatoms. The van der Waals surface area contributed by atoms with Crippen molar-refractivity contribution in [3.05, 3.63) is 18.6 Å². The summed E-state index contributed by atoms with van der Waals surface area (Å²) in [5.41, 5.74) is -0.577. The summed E-state index contributed by atoms with van der Waals surface area (Å²) < 4.78 is 5.23. The van der Waals surface area contributed by atoms with E-state index in [1.165, 1.54) is 23.5 Å². The molecule has 0 fully saturated rings. The van der Waals surface area contributed by atoms with E-state index in [0.717, 1.165) is 0 Å². The monoisotopic (exact) mass is 233 g/mol. The molecule has 1 rings (SSSR count). The SMILES string of the molecule is C#CCN(C(=O)OC(C)(C)C)c1cnccn1. The predicted molar refractivity (Wildman–Crippen MR) is 64.4 cm³/mol. The number of terminal acetylenes is 1. The second-order valence-corrected chi connectivity index (χ2v) is 4.33. The van der Waals surface area contributed by atoms with Crippen molar-refractivity contribution in [2.75, 3.05) is 11.4 Å². The molecule has 0 bridgehead atoms. The van der Waals surface area contributed by atoms with Crippen LogP contribution >= 0.6 is 0 Å². The topological polar surface area (TPSA) is 55.3 Å². The summed E-state index contributed by atoms with van der Waals surface area (Å²) in [6.07, 6.45) is 9.16. The smallest absolute Gasteiger partial charge is 0.416 e. The first-order valence-corrected chi connectivity index (χ1v) is 5.14. The number of rotatable bonds is 2. The van der Waals surface area contributed by atoms with Crippen molar-refractivity contribution in [3.8, 4) is 12.3 Å². The van der Waals surface area contributed by atoms with Crippen LogP contribution in [-0.2, 0) is 4.74 Å². The van der Waals surface area contributed by atoms with Crippen molar-refractivity contribution in [2.24, 2.45) is 0 Å². The van der Waals surface area contributed by atoms with Crippen molar-refractivity contribution >= 4 is 11.9 Å². The molecular formula is C12H15N3O2. The van der Waals surface area contributed by atoms with Crippen LogP contribution in [-0.4, -0.2) is 28.2 Å². The fourth-order valence-corrected chi connectivity index (χ4v) is 1.08. The van der Waals surface area contributed by atoms with Crippen LogP contribution in [0.2, 0.25) is 0 Å². The van der Waals surface area contributed by atoms with Crippen molar-refractivity contribution < 1.29 is 9.53 Å². The van der Waals surface area contributed by atoms with Gasteiger partial charge in [0.25, 0.3) is 0 Å². The third-order valence-corrected chi connectivity index (χ3v) is 1.69. The number of aromatic nitrogens is 2. The number of amides is 1. The molecular weight excluding hydrogens is 218 g/mol. The maximum absolute atomic E-state index is 11.9. The van der Waals surface area contributed by atoms with Crippen LogP contribution in [0, 0.1) is 12.3 Å². The van der Waals surface area contributed by atoms with Crippen LogP contribution in [0.1, 0.15) is 20.8 Å². The fraction of sp³-hybridized carbons (Fsp3) is 0.417. The van der Waals surface area contributed by atoms with Crippen LogP contribution in [0.5, 0.6) is 0 Å². The Hall–Kier alpha value is -2.09. The first kappa shape index (κ1) is 13.0. The van der Waals surface area contributed by atoms with Crippen molar-refractivity contribution in [1.29, 1.82) is 0 Å². The fourth-order valence-electron chi connectivity index (χ4n) is 1.08. The number of ether oxygens (including phenoxy) is 1. The normalized spacial score (nSPS) is 10.5. The van der Waals surface area contributed by atoms with Crippen LogP contribution in [0.15, 0.2) is 18.6 Å². The lowest BCUT2D eigenvalue weighted by Crippen LogP contribution is -2.37. The van der Waals surface area contributed by atoms with Gasteiger partial charge >= 0.3 is 6.09 Å². The number of anilines is 1. The summed E-state index contributed by atoms with van der Waals surface area (Å²) in [6, 6.07) is 0. The molecule has 0 unspecified atom stereocenters. The highest BCUT2D eigenvalue weighted by Gasteiger charge is 2.23. The number of nitrogens with zero attached hydrogens (tertiary/aromatic N) is 3. The Morgan fingerprint density at radius 2 is 2.24 bits per heavy atom. The average Bonchev–Trinajstić information content (AvgIpc) is 2.24. The van der Waals surface area contributed by atoms with Crippen LogP contribution in [0.4, 0.5) is 10.6 Å². The molecule has 1 aromatic heterocycles. The minimum Gasteiger partial charge on any atom is -0.443 e. The van der Waals surface area contributed by atoms with Crippen molar-refractivity contribution in [3.63, 3.8) is 0 Å². The van der Waals surface area contributed by atoms with Gasteiger partial charge in [-0.3, -0.25) is 4.98 Å². The quantitative estimate of drug-likeness (QED) is 0.731. The second kappa shape index (κ2) is 5.30. The summed E-state index contributed by atoms with van der Waals surface area (Å²) in [4.78, 5) is 21.1. The van der Waals surface area contributed by atoms with Gasteiger partial charge in [-0.2, -0.15) is 0 Å². The zero-order chi connectivity index (χ0) is 12.9. The van der Waals surface area contributed by atoms with Gasteiger partial charge in [0.2, 0.25) is 0 Å². The lowest BCUT2D eigenvalue weighted by molar-refractivity contribution is 0.0584. The maximum Gasteiger partial charge on any atom is 0.416 e. The molecule has 0 saturated heterocycles. The molecule has 0 atom stereocenters. The van der Waals surface area contributed by atoms with E-state index >= 15 is 0 Å². The summed E-state index contributed by atoms with van der Waals surface area (Å²) in [7, 11) is 0. The highest BCUT2D eigenvalue weighted by atomic mass is 16.6. The van der Waals surface area contributed by atoms with Gasteiger partial charge in [0.15, 0.2) is 5.82 Å². The van der Waals surface area contributed by atoms with Gasteiger partial charge in [-0.05, 0) is 20.8 Å². The Balaban J connectivity index is 2.88. The van der Waals surface area contributed by atoms with Gasteiger partial charge in [0.1, 0.15) is 5.60 Å². The van der Waals surface area contributed by atoms with E-state index in [9.17, 15) is 4.79 Å². The Morgan fingerprint density at radius 1 is 1.53 bits per heavy atom. The Kier molecular flexibility index (Phi) is 4.05. The maximum atomic E-state index is 11.9. The van der Waals surface area contributed by atoms with E-state index in [-0.39, 0.29) is 6.54 Å². The summed E-state index contributed by atoms with van der Waals surface area (Å²) in [5, 5.41) is 0. The number of carbonyl (C=O) groups is 1. The van der Waals surface area contributed by atoms with Gasteiger partial charge < -0.3 is 4.74 Å². The third-order valence-electron chi connectivity index (χ3n) is 1.69. The molecule has 1 amide bonds. The molecule has 0 N–H and O–H groups in total. The molecule has 90 valence electrons. The minimum absolute atomic E-state index is 0.0909. The van der Waals surface area contributed by atoms with E-state index in [4.69, 9.17) is 11.2 Å². The zero-order valence-electron chi connectivity index (χ0n) is 10.2. The number of hydrogen-bond acceptors (Lipinski definition) is 4. The second-order valence-electron chi connectivity index (χ2n) is 4.33. The van der Waals surface area contributed by atoms with Crippen LogP contribution in [0.3, 0.4) is 0 Å². The predicted octanol–water partition coefficient (Wildman–Crippen LogP) is 1.85. The average molecular weight is 233 g/mol. The van der Waals surface area contributed by atoms with Gasteiger partial charge in [-0.1, -0.05) is 5.92 Å². The van der Waals surface area contributed by atoms with Crippen LogP contribution < -0.4 is 4.90 Å². The molecule has 1 aromatic rings. The molecule has 0 aromatic carbocycles. The van der Waals surface area contributed by atoms with Gasteiger partial charge in [-0.25, -0.2) is 14.7 Å². The first-order valence-electron chi connectivity index (χ1n) is 5.14. The molecule has 0 aliphatic carbocycles. The van der Waals surface area contributed by atoms with E-state index in [1.54, 1.807) is 20.8 Å². The van der Waals surface area contributed by atoms with Gasteiger partial charge in [0.05, 0.1) is 12.7 Å². The molecule has 5 nitrogen and oxygen atoms in total. The van der Waals surface area contributed by atoms with E-state index < -0.39 is 11.7 Å². The number of hydrogen-bond donors (Lipinski definition) is 0. The highest BCUT2D eigenvalue weighted by molar-refractivity contribution is 5.86. The van der Waals surface area contributed by atoms with Gasteiger partial charge in [0, 0.05) is 12.4 Å². The Bertz CT molecular complexity index is 418. The minimum atomic E-state index is -0.577.